The van der Waals surface area contributed by atoms with E-state index in [1.165, 1.54) is 0 Å². The van der Waals surface area contributed by atoms with Crippen molar-refractivity contribution in [3.05, 3.63) is 12.0 Å². The van der Waals surface area contributed by atoms with Crippen LogP contribution in [0.1, 0.15) is 37.5 Å². The minimum Gasteiger partial charge on any atom is -0.492 e. The van der Waals surface area contributed by atoms with E-state index < -0.39 is 59.9 Å². The highest BCUT2D eigenvalue weighted by Crippen LogP contribution is 2.33. The summed E-state index contributed by atoms with van der Waals surface area (Å²) in [5, 5.41) is 9.73. The highest BCUT2D eigenvalue weighted by Gasteiger charge is 2.48. The number of esters is 3. The number of nitrogens with two attached hydrogens (primary N) is 1. The first-order chi connectivity index (χ1) is 12.6. The van der Waals surface area contributed by atoms with E-state index in [0.29, 0.717) is 0 Å². The molecule has 4 atom stereocenters. The van der Waals surface area contributed by atoms with E-state index in [2.05, 4.69) is 4.98 Å². The molecule has 0 unspecified atom stereocenters. The summed E-state index contributed by atoms with van der Waals surface area (Å²) in [6.45, 7) is 3.13. The van der Waals surface area contributed by atoms with Gasteiger partial charge >= 0.3 is 17.9 Å². The molecule has 2 heterocycles. The van der Waals surface area contributed by atoms with E-state index in [-0.39, 0.29) is 6.61 Å². The maximum atomic E-state index is 11.6. The Labute approximate surface area is 153 Å². The molecule has 12 heteroatoms. The van der Waals surface area contributed by atoms with Gasteiger partial charge in [0.15, 0.2) is 30.2 Å². The average molecular weight is 385 g/mol. The second kappa shape index (κ2) is 8.03. The fourth-order valence-corrected chi connectivity index (χ4v) is 2.74. The number of hydrogen-bond donors (Lipinski definition) is 2. The molecule has 148 valence electrons. The average Bonchev–Trinajstić information content (AvgIpc) is 2.91. The molecule has 0 radical (unpaired) electrons. The Morgan fingerprint density at radius 2 is 1.67 bits per heavy atom. The molecule has 12 nitrogen and oxygen atoms in total. The predicted octanol–water partition coefficient (Wildman–Crippen LogP) is -0.988. The maximum Gasteiger partial charge on any atom is 0.303 e. The summed E-state index contributed by atoms with van der Waals surface area (Å²) in [6, 6.07) is 0. The maximum absolute atomic E-state index is 11.6. The fraction of sp³-hybridized carbons (Fsp3) is 0.533. The van der Waals surface area contributed by atoms with Crippen LogP contribution in [0, 0.1) is 0 Å². The Bertz CT molecular complexity index is 760. The molecule has 27 heavy (non-hydrogen) atoms. The van der Waals surface area contributed by atoms with E-state index in [9.17, 15) is 24.3 Å². The van der Waals surface area contributed by atoms with Crippen molar-refractivity contribution in [1.29, 1.82) is 0 Å². The Morgan fingerprint density at radius 1 is 1.11 bits per heavy atom. The van der Waals surface area contributed by atoms with Crippen molar-refractivity contribution in [2.24, 2.45) is 5.73 Å². The minimum atomic E-state index is -1.32. The van der Waals surface area contributed by atoms with Crippen LogP contribution in [0.4, 0.5) is 0 Å². The number of nitrogens with zero attached hydrogens (tertiary/aromatic N) is 2. The largest absolute Gasteiger partial charge is 0.492 e. The summed E-state index contributed by atoms with van der Waals surface area (Å²) in [7, 11) is 0. The van der Waals surface area contributed by atoms with Gasteiger partial charge in [0.25, 0.3) is 5.91 Å². The Hall–Kier alpha value is -3.15. The van der Waals surface area contributed by atoms with Gasteiger partial charge in [-0.25, -0.2) is 4.98 Å². The number of hydrogen-bond acceptors (Lipinski definition) is 10. The first kappa shape index (κ1) is 20.2. The number of amides is 1. The van der Waals surface area contributed by atoms with Gasteiger partial charge in [-0.15, -0.1) is 0 Å². The van der Waals surface area contributed by atoms with E-state index >= 15 is 0 Å². The van der Waals surface area contributed by atoms with Crippen LogP contribution in [0.3, 0.4) is 0 Å². The number of carbonyl (C=O) groups is 4. The number of aromatic hydroxyl groups is 1. The lowest BCUT2D eigenvalue weighted by Crippen LogP contribution is -2.55. The molecular weight excluding hydrogens is 366 g/mol. The van der Waals surface area contributed by atoms with Crippen molar-refractivity contribution in [2.75, 3.05) is 6.61 Å². The van der Waals surface area contributed by atoms with Crippen molar-refractivity contribution in [3.8, 4) is 5.88 Å². The first-order valence-electron chi connectivity index (χ1n) is 7.80. The molecule has 0 saturated carbocycles. The van der Waals surface area contributed by atoms with Crippen molar-refractivity contribution >= 4 is 23.8 Å². The zero-order valence-electron chi connectivity index (χ0n) is 14.8. The smallest absolute Gasteiger partial charge is 0.303 e. The van der Waals surface area contributed by atoms with Crippen molar-refractivity contribution < 1.29 is 43.2 Å². The van der Waals surface area contributed by atoms with E-state index in [1.54, 1.807) is 0 Å². The molecular formula is C15H19N3O9. The molecule has 1 amide bonds. The Balaban J connectivity index is 2.48. The first-order valence-corrected chi connectivity index (χ1v) is 7.80. The van der Waals surface area contributed by atoms with Crippen LogP contribution in [-0.2, 0) is 33.3 Å². The van der Waals surface area contributed by atoms with Crippen LogP contribution in [-0.4, -0.2) is 63.4 Å². The lowest BCUT2D eigenvalue weighted by atomic mass is 10.0. The zero-order chi connectivity index (χ0) is 20.3. The van der Waals surface area contributed by atoms with Crippen LogP contribution in [0.5, 0.6) is 5.88 Å². The predicted molar refractivity (Wildman–Crippen MR) is 84.1 cm³/mol. The van der Waals surface area contributed by atoms with Gasteiger partial charge < -0.3 is 29.8 Å². The van der Waals surface area contributed by atoms with Gasteiger partial charge in [0, 0.05) is 20.8 Å². The lowest BCUT2D eigenvalue weighted by Gasteiger charge is -2.40. The number of primary amides is 1. The molecule has 1 aliphatic rings. The van der Waals surface area contributed by atoms with Gasteiger partial charge in [-0.05, 0) is 0 Å². The van der Waals surface area contributed by atoms with Gasteiger partial charge in [0.1, 0.15) is 6.33 Å². The normalized spacial score (nSPS) is 24.7. The van der Waals surface area contributed by atoms with Crippen LogP contribution in [0.25, 0.3) is 0 Å². The molecule has 3 N–H and O–H groups in total. The van der Waals surface area contributed by atoms with Gasteiger partial charge in [0.05, 0.1) is 6.61 Å². The quantitative estimate of drug-likeness (QED) is 0.474. The molecule has 1 fully saturated rings. The molecule has 1 aromatic heterocycles. The molecule has 1 saturated heterocycles. The summed E-state index contributed by atoms with van der Waals surface area (Å²) in [5.74, 6) is -3.81. The van der Waals surface area contributed by atoms with Crippen molar-refractivity contribution in [3.63, 3.8) is 0 Å². The molecule has 1 aliphatic heterocycles. The monoisotopic (exact) mass is 385 g/mol. The Morgan fingerprint density at radius 3 is 2.19 bits per heavy atom. The van der Waals surface area contributed by atoms with Gasteiger partial charge in [-0.1, -0.05) is 0 Å². The molecule has 0 spiro atoms. The van der Waals surface area contributed by atoms with Crippen LogP contribution in [0.15, 0.2) is 6.33 Å². The number of aromatic nitrogens is 2. The summed E-state index contributed by atoms with van der Waals surface area (Å²) < 4.78 is 22.1. The lowest BCUT2D eigenvalue weighted by molar-refractivity contribution is -0.239. The third-order valence-electron chi connectivity index (χ3n) is 3.61. The molecule has 0 aromatic carbocycles. The third-order valence-corrected chi connectivity index (χ3v) is 3.61. The van der Waals surface area contributed by atoms with Crippen LogP contribution >= 0.6 is 0 Å². The van der Waals surface area contributed by atoms with E-state index in [4.69, 9.17) is 24.7 Å². The number of rotatable bonds is 5. The SMILES string of the molecule is CC(=O)O[C@@H]1[C@H](OC(C)=O)[C@H](OC(C)=O)CO[C@H]1n1cnc(O)c1C(N)=O. The topological polar surface area (TPSA) is 169 Å². The highest BCUT2D eigenvalue weighted by atomic mass is 16.6. The Kier molecular flexibility index (Phi) is 6.00. The molecule has 0 bridgehead atoms. The second-order valence-corrected chi connectivity index (χ2v) is 5.71. The molecule has 0 aliphatic carbocycles. The fourth-order valence-electron chi connectivity index (χ4n) is 2.74. The zero-order valence-corrected chi connectivity index (χ0v) is 14.8. The third kappa shape index (κ3) is 4.53. The number of ether oxygens (including phenoxy) is 4. The summed E-state index contributed by atoms with van der Waals surface area (Å²) >= 11 is 0. The summed E-state index contributed by atoms with van der Waals surface area (Å²) in [4.78, 5) is 49.6. The van der Waals surface area contributed by atoms with Crippen molar-refractivity contribution in [1.82, 2.24) is 9.55 Å². The molecule has 2 rings (SSSR count). The van der Waals surface area contributed by atoms with Crippen LogP contribution < -0.4 is 5.73 Å². The standard InChI is InChI=1S/C15H19N3O9/c1-6(19)25-9-4-24-15(18-5-17-14(23)10(18)13(16)22)12(27-8(3)21)11(9)26-7(2)20/h5,9,11-12,15,23H,4H2,1-3H3,(H2,16,22)/t9-,11-,12-,15-/m1/s1. The van der Waals surface area contributed by atoms with Gasteiger partial charge in [-0.2, -0.15) is 0 Å². The van der Waals surface area contributed by atoms with Crippen LogP contribution in [0.2, 0.25) is 0 Å². The summed E-state index contributed by atoms with van der Waals surface area (Å²) in [6.07, 6.45) is -3.81. The summed E-state index contributed by atoms with van der Waals surface area (Å²) in [5.41, 5.74) is 4.85. The van der Waals surface area contributed by atoms with Crippen molar-refractivity contribution in [2.45, 2.75) is 45.3 Å². The van der Waals surface area contributed by atoms with Gasteiger partial charge in [-0.3, -0.25) is 23.7 Å². The second-order valence-electron chi connectivity index (χ2n) is 5.71. The number of imidazole rings is 1. The van der Waals surface area contributed by atoms with Gasteiger partial charge in [0.2, 0.25) is 5.88 Å². The van der Waals surface area contributed by atoms with E-state index in [0.717, 1.165) is 31.7 Å². The highest BCUT2D eigenvalue weighted by molar-refractivity contribution is 5.93. The molecule has 1 aromatic rings. The van der Waals surface area contributed by atoms with E-state index in [1.807, 2.05) is 0 Å². The minimum absolute atomic E-state index is 0.253. The number of carbonyl (C=O) groups excluding carboxylic acids is 4.